The predicted molar refractivity (Wildman–Crippen MR) is 48.9 cm³/mol. The third-order valence-corrected chi connectivity index (χ3v) is 2.34. The average molecular weight is 168 g/mol. The van der Waals surface area contributed by atoms with Gasteiger partial charge in [-0.05, 0) is 38.7 Å². The van der Waals surface area contributed by atoms with Crippen molar-refractivity contribution in [3.05, 3.63) is 22.8 Å². The van der Waals surface area contributed by atoms with Crippen molar-refractivity contribution in [2.24, 2.45) is 0 Å². The third-order valence-electron chi connectivity index (χ3n) is 2.34. The van der Waals surface area contributed by atoms with Crippen molar-refractivity contribution >= 4 is 0 Å². The van der Waals surface area contributed by atoms with Crippen molar-refractivity contribution in [3.8, 4) is 0 Å². The molecule has 0 fully saturated rings. The van der Waals surface area contributed by atoms with E-state index in [9.17, 15) is 0 Å². The zero-order valence-electron chi connectivity index (χ0n) is 7.76. The van der Waals surface area contributed by atoms with Crippen LogP contribution in [0.25, 0.3) is 0 Å². The second-order valence-corrected chi connectivity index (χ2v) is 3.44. The van der Waals surface area contributed by atoms with Gasteiger partial charge in [-0.1, -0.05) is 17.2 Å². The molecule has 0 saturated heterocycles. The second-order valence-electron chi connectivity index (χ2n) is 3.44. The van der Waals surface area contributed by atoms with Gasteiger partial charge in [-0.25, -0.2) is 4.89 Å². The molecule has 0 spiro atoms. The van der Waals surface area contributed by atoms with Gasteiger partial charge in [0.15, 0.2) is 0 Å². The summed E-state index contributed by atoms with van der Waals surface area (Å²) in [5.74, 6) is 0. The van der Waals surface area contributed by atoms with Gasteiger partial charge in [0, 0.05) is 0 Å². The predicted octanol–water partition coefficient (Wildman–Crippen LogP) is 2.92. The van der Waals surface area contributed by atoms with E-state index in [1.807, 2.05) is 0 Å². The van der Waals surface area contributed by atoms with Crippen LogP contribution >= 0.6 is 0 Å². The molecule has 0 saturated carbocycles. The van der Waals surface area contributed by atoms with Crippen LogP contribution in [0.15, 0.2) is 22.8 Å². The van der Waals surface area contributed by atoms with Gasteiger partial charge < -0.3 is 0 Å². The van der Waals surface area contributed by atoms with Crippen molar-refractivity contribution in [3.63, 3.8) is 0 Å². The van der Waals surface area contributed by atoms with E-state index in [0.717, 1.165) is 19.3 Å². The van der Waals surface area contributed by atoms with E-state index in [2.05, 4.69) is 24.8 Å². The highest BCUT2D eigenvalue weighted by Crippen LogP contribution is 2.25. The summed E-state index contributed by atoms with van der Waals surface area (Å²) >= 11 is 0. The van der Waals surface area contributed by atoms with Crippen LogP contribution in [-0.4, -0.2) is 11.9 Å². The molecule has 0 aromatic rings. The van der Waals surface area contributed by atoms with Gasteiger partial charge in [0.25, 0.3) is 0 Å². The molecule has 0 aromatic carbocycles. The van der Waals surface area contributed by atoms with Gasteiger partial charge in [0.05, 0.1) is 0 Å². The second kappa shape index (κ2) is 4.43. The molecule has 1 N–H and O–H groups in total. The molecule has 0 heterocycles. The van der Waals surface area contributed by atoms with E-state index in [4.69, 9.17) is 5.26 Å². The van der Waals surface area contributed by atoms with Crippen LogP contribution in [0.2, 0.25) is 0 Å². The first-order chi connectivity index (χ1) is 5.74. The molecule has 12 heavy (non-hydrogen) atoms. The Morgan fingerprint density at radius 3 is 2.67 bits per heavy atom. The molecule has 0 aliphatic heterocycles. The van der Waals surface area contributed by atoms with Gasteiger partial charge in [-0.3, -0.25) is 5.26 Å². The van der Waals surface area contributed by atoms with Gasteiger partial charge in [0.1, 0.15) is 6.61 Å². The molecule has 1 aliphatic rings. The van der Waals surface area contributed by atoms with Gasteiger partial charge in [-0.15, -0.1) is 0 Å². The smallest absolute Gasteiger partial charge is 0.103 e. The van der Waals surface area contributed by atoms with E-state index < -0.39 is 0 Å². The quantitative estimate of drug-likeness (QED) is 0.390. The molecule has 0 atom stereocenters. The zero-order chi connectivity index (χ0) is 8.97. The lowest BCUT2D eigenvalue weighted by atomic mass is 9.92. The molecule has 0 aromatic heterocycles. The Hall–Kier alpha value is -0.600. The van der Waals surface area contributed by atoms with Crippen molar-refractivity contribution in [2.45, 2.75) is 33.1 Å². The molecule has 2 heteroatoms. The lowest BCUT2D eigenvalue weighted by molar-refractivity contribution is -0.234. The number of hydrogen-bond acceptors (Lipinski definition) is 2. The van der Waals surface area contributed by atoms with Crippen molar-refractivity contribution in [2.75, 3.05) is 6.61 Å². The molecule has 0 radical (unpaired) electrons. The molecular weight excluding hydrogens is 152 g/mol. The zero-order valence-corrected chi connectivity index (χ0v) is 7.76. The molecule has 68 valence electrons. The van der Waals surface area contributed by atoms with Crippen LogP contribution in [0, 0.1) is 0 Å². The summed E-state index contributed by atoms with van der Waals surface area (Å²) in [7, 11) is 0. The van der Waals surface area contributed by atoms with Crippen molar-refractivity contribution in [1.82, 2.24) is 0 Å². The molecular formula is C10H16O2. The monoisotopic (exact) mass is 168 g/mol. The summed E-state index contributed by atoms with van der Waals surface area (Å²) in [4.78, 5) is 4.09. The molecule has 0 unspecified atom stereocenters. The Balaban J connectivity index is 2.53. The fraction of sp³-hybridized carbons (Fsp3) is 0.600. The Kier molecular flexibility index (Phi) is 3.50. The summed E-state index contributed by atoms with van der Waals surface area (Å²) in [5, 5.41) is 8.24. The van der Waals surface area contributed by atoms with Crippen molar-refractivity contribution in [1.29, 1.82) is 0 Å². The summed E-state index contributed by atoms with van der Waals surface area (Å²) in [5.41, 5.74) is 4.16. The molecule has 1 aliphatic carbocycles. The van der Waals surface area contributed by atoms with Crippen LogP contribution in [0.4, 0.5) is 0 Å². The van der Waals surface area contributed by atoms with Crippen LogP contribution in [0.1, 0.15) is 33.1 Å². The lowest BCUT2D eigenvalue weighted by Gasteiger charge is -2.15. The Morgan fingerprint density at radius 1 is 1.50 bits per heavy atom. The van der Waals surface area contributed by atoms with Crippen LogP contribution in [-0.2, 0) is 4.89 Å². The van der Waals surface area contributed by atoms with Gasteiger partial charge >= 0.3 is 0 Å². The minimum absolute atomic E-state index is 0.371. The highest BCUT2D eigenvalue weighted by Gasteiger charge is 2.08. The van der Waals surface area contributed by atoms with E-state index in [1.54, 1.807) is 0 Å². The highest BCUT2D eigenvalue weighted by molar-refractivity contribution is 5.22. The fourth-order valence-corrected chi connectivity index (χ4v) is 1.45. The normalized spacial score (nSPS) is 17.6. The van der Waals surface area contributed by atoms with E-state index in [-0.39, 0.29) is 0 Å². The molecule has 2 nitrogen and oxygen atoms in total. The standard InChI is InChI=1S/C10H16O2/c1-8(2)10-5-3-9(4-6-10)7-12-11/h3,11H,4-7H2,1-2H3. The SMILES string of the molecule is CC(C)=C1CC=C(COO)CC1. The molecule has 0 bridgehead atoms. The highest BCUT2D eigenvalue weighted by atomic mass is 17.1. The Labute approximate surface area is 73.5 Å². The summed E-state index contributed by atoms with van der Waals surface area (Å²) in [6.07, 6.45) is 5.33. The number of allylic oxidation sites excluding steroid dienone is 3. The Bertz CT molecular complexity index is 210. The first-order valence-electron chi connectivity index (χ1n) is 4.33. The first kappa shape index (κ1) is 9.49. The number of hydrogen-bond donors (Lipinski definition) is 1. The lowest BCUT2D eigenvalue weighted by Crippen LogP contribution is -2.01. The fourth-order valence-electron chi connectivity index (χ4n) is 1.45. The van der Waals surface area contributed by atoms with E-state index >= 15 is 0 Å². The van der Waals surface area contributed by atoms with Crippen LogP contribution in [0.5, 0.6) is 0 Å². The minimum atomic E-state index is 0.371. The van der Waals surface area contributed by atoms with E-state index in [0.29, 0.717) is 6.61 Å². The maximum Gasteiger partial charge on any atom is 0.103 e. The van der Waals surface area contributed by atoms with Gasteiger partial charge in [-0.2, -0.15) is 0 Å². The Morgan fingerprint density at radius 2 is 2.25 bits per heavy atom. The number of rotatable bonds is 2. The van der Waals surface area contributed by atoms with E-state index in [1.165, 1.54) is 16.7 Å². The average Bonchev–Trinajstić information content (AvgIpc) is 2.06. The topological polar surface area (TPSA) is 29.5 Å². The molecule has 0 amide bonds. The maximum atomic E-state index is 8.24. The minimum Gasteiger partial charge on any atom is -0.251 e. The maximum absolute atomic E-state index is 8.24. The van der Waals surface area contributed by atoms with Crippen LogP contribution < -0.4 is 0 Å². The van der Waals surface area contributed by atoms with Gasteiger partial charge in [0.2, 0.25) is 0 Å². The third kappa shape index (κ3) is 2.47. The van der Waals surface area contributed by atoms with Crippen molar-refractivity contribution < 1.29 is 10.1 Å². The first-order valence-corrected chi connectivity index (χ1v) is 4.33. The molecule has 1 rings (SSSR count). The van der Waals surface area contributed by atoms with Crippen LogP contribution in [0.3, 0.4) is 0 Å². The summed E-state index contributed by atoms with van der Waals surface area (Å²) in [6.45, 7) is 4.67. The summed E-state index contributed by atoms with van der Waals surface area (Å²) < 4.78 is 0. The largest absolute Gasteiger partial charge is 0.251 e. The summed E-state index contributed by atoms with van der Waals surface area (Å²) in [6, 6.07) is 0.